The maximum Gasteiger partial charge on any atom is 0.241 e. The second-order valence-electron chi connectivity index (χ2n) is 4.94. The summed E-state index contributed by atoms with van der Waals surface area (Å²) in [6.07, 6.45) is 0. The largest absolute Gasteiger partial charge is 0.481 e. The fourth-order valence-corrected chi connectivity index (χ4v) is 2.95. The van der Waals surface area contributed by atoms with Crippen LogP contribution in [-0.2, 0) is 10.0 Å². The molecule has 3 rings (SSSR count). The highest BCUT2D eigenvalue weighted by Gasteiger charge is 2.13. The molecule has 1 aliphatic heterocycles. The summed E-state index contributed by atoms with van der Waals surface area (Å²) in [7, 11) is -3.71. The van der Waals surface area contributed by atoms with Crippen LogP contribution in [-0.4, -0.2) is 28.4 Å². The van der Waals surface area contributed by atoms with Gasteiger partial charge in [-0.05, 0) is 36.4 Å². The van der Waals surface area contributed by atoms with Crippen LogP contribution in [0.1, 0.15) is 0 Å². The van der Waals surface area contributed by atoms with Gasteiger partial charge in [-0.3, -0.25) is 0 Å². The SMILES string of the molecule is O=S(=O)(NCC#CCOc1ccc2c(c1)OCO2)c1ccc(F)cc1. The molecule has 0 saturated carbocycles. The van der Waals surface area contributed by atoms with Gasteiger partial charge in [0.2, 0.25) is 16.8 Å². The van der Waals surface area contributed by atoms with Gasteiger partial charge in [0.25, 0.3) is 0 Å². The Bertz CT molecular complexity index is 916. The van der Waals surface area contributed by atoms with Crippen molar-refractivity contribution in [2.24, 2.45) is 0 Å². The molecule has 25 heavy (non-hydrogen) atoms. The van der Waals surface area contributed by atoms with E-state index in [1.807, 2.05) is 0 Å². The molecule has 0 atom stereocenters. The van der Waals surface area contributed by atoms with E-state index in [-0.39, 0.29) is 24.8 Å². The van der Waals surface area contributed by atoms with Crippen LogP contribution in [0, 0.1) is 17.7 Å². The Morgan fingerprint density at radius 3 is 2.64 bits per heavy atom. The zero-order valence-electron chi connectivity index (χ0n) is 13.0. The predicted octanol–water partition coefficient (Wildman–Crippen LogP) is 1.92. The Hall–Kier alpha value is -2.76. The van der Waals surface area contributed by atoms with Crippen molar-refractivity contribution in [3.05, 3.63) is 48.3 Å². The highest BCUT2D eigenvalue weighted by molar-refractivity contribution is 7.89. The third-order valence-electron chi connectivity index (χ3n) is 3.25. The second kappa shape index (κ2) is 7.42. The zero-order valence-corrected chi connectivity index (χ0v) is 13.8. The Balaban J connectivity index is 1.47. The fraction of sp³-hybridized carbons (Fsp3) is 0.176. The molecule has 0 aliphatic carbocycles. The maximum atomic E-state index is 12.8. The number of hydrogen-bond donors (Lipinski definition) is 1. The van der Waals surface area contributed by atoms with Crippen molar-refractivity contribution < 1.29 is 27.0 Å². The summed E-state index contributed by atoms with van der Waals surface area (Å²) in [5.74, 6) is 6.70. The normalized spacial score (nSPS) is 12.4. The summed E-state index contributed by atoms with van der Waals surface area (Å²) in [5, 5.41) is 0. The second-order valence-corrected chi connectivity index (χ2v) is 6.70. The van der Waals surface area contributed by atoms with Gasteiger partial charge in [0.05, 0.1) is 11.4 Å². The minimum Gasteiger partial charge on any atom is -0.481 e. The highest BCUT2D eigenvalue weighted by Crippen LogP contribution is 2.34. The van der Waals surface area contributed by atoms with E-state index < -0.39 is 15.8 Å². The van der Waals surface area contributed by atoms with E-state index in [2.05, 4.69) is 16.6 Å². The molecule has 0 fully saturated rings. The third-order valence-corrected chi connectivity index (χ3v) is 4.67. The first-order valence-electron chi connectivity index (χ1n) is 7.28. The topological polar surface area (TPSA) is 73.9 Å². The summed E-state index contributed by atoms with van der Waals surface area (Å²) < 4.78 is 54.9. The van der Waals surface area contributed by atoms with Crippen molar-refractivity contribution >= 4 is 10.0 Å². The lowest BCUT2D eigenvalue weighted by molar-refractivity contribution is 0.174. The average Bonchev–Trinajstić information content (AvgIpc) is 3.06. The summed E-state index contributed by atoms with van der Waals surface area (Å²) >= 11 is 0. The lowest BCUT2D eigenvalue weighted by Gasteiger charge is -2.04. The molecule has 0 unspecified atom stereocenters. The molecule has 0 amide bonds. The van der Waals surface area contributed by atoms with Crippen molar-refractivity contribution in [2.45, 2.75) is 4.90 Å². The molecular formula is C17H14FNO5S. The van der Waals surface area contributed by atoms with E-state index in [4.69, 9.17) is 14.2 Å². The first kappa shape index (κ1) is 17.1. The number of halogens is 1. The molecule has 6 nitrogen and oxygen atoms in total. The van der Waals surface area contributed by atoms with Crippen LogP contribution in [0.15, 0.2) is 47.4 Å². The van der Waals surface area contributed by atoms with Crippen LogP contribution in [0.4, 0.5) is 4.39 Å². The van der Waals surface area contributed by atoms with Gasteiger partial charge in [-0.2, -0.15) is 4.72 Å². The van der Waals surface area contributed by atoms with Gasteiger partial charge in [-0.25, -0.2) is 12.8 Å². The van der Waals surface area contributed by atoms with Gasteiger partial charge < -0.3 is 14.2 Å². The zero-order chi connectivity index (χ0) is 17.7. The van der Waals surface area contributed by atoms with Crippen LogP contribution in [0.2, 0.25) is 0 Å². The first-order valence-corrected chi connectivity index (χ1v) is 8.76. The lowest BCUT2D eigenvalue weighted by Crippen LogP contribution is -2.24. The fourth-order valence-electron chi connectivity index (χ4n) is 2.03. The van der Waals surface area contributed by atoms with Crippen LogP contribution in [0.5, 0.6) is 17.2 Å². The summed E-state index contributed by atoms with van der Waals surface area (Å²) in [5.41, 5.74) is 0. The molecule has 0 radical (unpaired) electrons. The Labute approximate surface area is 144 Å². The number of rotatable bonds is 5. The smallest absolute Gasteiger partial charge is 0.241 e. The average molecular weight is 363 g/mol. The van der Waals surface area contributed by atoms with Crippen LogP contribution in [0.3, 0.4) is 0 Å². The number of sulfonamides is 1. The molecule has 0 saturated heterocycles. The van der Waals surface area contributed by atoms with E-state index in [1.165, 1.54) is 12.1 Å². The number of ether oxygens (including phenoxy) is 3. The molecule has 0 bridgehead atoms. The number of fused-ring (bicyclic) bond motifs is 1. The third kappa shape index (κ3) is 4.41. The summed E-state index contributed by atoms with van der Waals surface area (Å²) in [6, 6.07) is 9.70. The van der Waals surface area contributed by atoms with Gasteiger partial charge in [0.15, 0.2) is 11.5 Å². The molecule has 1 N–H and O–H groups in total. The Morgan fingerprint density at radius 2 is 1.84 bits per heavy atom. The molecule has 2 aromatic rings. The maximum absolute atomic E-state index is 12.8. The van der Waals surface area contributed by atoms with Gasteiger partial charge in [0.1, 0.15) is 18.2 Å². The Kier molecular flexibility index (Phi) is 5.07. The predicted molar refractivity (Wildman–Crippen MR) is 87.4 cm³/mol. The van der Waals surface area contributed by atoms with Gasteiger partial charge in [-0.15, -0.1) is 0 Å². The standard InChI is InChI=1S/C17H14FNO5S/c18-13-3-6-15(7-4-13)25(20,21)19-9-1-2-10-22-14-5-8-16-17(11-14)24-12-23-16/h3-8,11,19H,9-10,12H2. The summed E-state index contributed by atoms with van der Waals surface area (Å²) in [4.78, 5) is -0.0210. The molecule has 0 aromatic heterocycles. The van der Waals surface area contributed by atoms with Crippen molar-refractivity contribution in [2.75, 3.05) is 19.9 Å². The highest BCUT2D eigenvalue weighted by atomic mass is 32.2. The summed E-state index contributed by atoms with van der Waals surface area (Å²) in [6.45, 7) is 0.203. The molecule has 2 aromatic carbocycles. The van der Waals surface area contributed by atoms with Crippen molar-refractivity contribution in [3.8, 4) is 29.1 Å². The van der Waals surface area contributed by atoms with Crippen molar-refractivity contribution in [1.29, 1.82) is 0 Å². The van der Waals surface area contributed by atoms with Crippen LogP contribution >= 0.6 is 0 Å². The van der Waals surface area contributed by atoms with E-state index >= 15 is 0 Å². The quantitative estimate of drug-likeness (QED) is 0.822. The van der Waals surface area contributed by atoms with Gasteiger partial charge in [0, 0.05) is 6.07 Å². The van der Waals surface area contributed by atoms with E-state index in [9.17, 15) is 12.8 Å². The van der Waals surface area contributed by atoms with Crippen molar-refractivity contribution in [1.82, 2.24) is 4.72 Å². The minimum absolute atomic E-state index is 0.0210. The van der Waals surface area contributed by atoms with E-state index in [0.717, 1.165) is 12.1 Å². The molecular weight excluding hydrogens is 349 g/mol. The minimum atomic E-state index is -3.71. The van der Waals surface area contributed by atoms with E-state index in [0.29, 0.717) is 17.2 Å². The number of nitrogens with one attached hydrogen (secondary N) is 1. The lowest BCUT2D eigenvalue weighted by atomic mass is 10.3. The van der Waals surface area contributed by atoms with Crippen molar-refractivity contribution in [3.63, 3.8) is 0 Å². The van der Waals surface area contributed by atoms with E-state index in [1.54, 1.807) is 18.2 Å². The first-order chi connectivity index (χ1) is 12.0. The van der Waals surface area contributed by atoms with Gasteiger partial charge in [-0.1, -0.05) is 11.8 Å². The molecule has 0 spiro atoms. The number of benzene rings is 2. The van der Waals surface area contributed by atoms with Crippen LogP contribution in [0.25, 0.3) is 0 Å². The molecule has 8 heteroatoms. The van der Waals surface area contributed by atoms with Gasteiger partial charge >= 0.3 is 0 Å². The van der Waals surface area contributed by atoms with Crippen LogP contribution < -0.4 is 18.9 Å². The monoisotopic (exact) mass is 363 g/mol. The Morgan fingerprint density at radius 1 is 1.08 bits per heavy atom. The molecule has 1 aliphatic rings. The molecule has 1 heterocycles. The number of hydrogen-bond acceptors (Lipinski definition) is 5. The molecule has 130 valence electrons.